The van der Waals surface area contributed by atoms with Gasteiger partial charge in [-0.3, -0.25) is 6.08 Å². The van der Waals surface area contributed by atoms with Crippen LogP contribution in [0.15, 0.2) is 121 Å². The Morgan fingerprint density at radius 1 is 0.611 bits per heavy atom. The maximum Gasteiger partial charge on any atom is -0.0197 e. The van der Waals surface area contributed by atoms with Crippen LogP contribution in [-0.4, -0.2) is 3.21 Å². The summed E-state index contributed by atoms with van der Waals surface area (Å²) in [4.78, 5) is 0. The van der Waals surface area contributed by atoms with Gasteiger partial charge < -0.3 is 0 Å². The molecule has 0 heterocycles. The monoisotopic (exact) mass is 540 g/mol. The van der Waals surface area contributed by atoms with Crippen molar-refractivity contribution in [3.05, 3.63) is 127 Å². The molecule has 0 bridgehead atoms. The molecule has 0 aliphatic heterocycles. The first kappa shape index (κ1) is 24.7. The molecular formula is C35H30Zr. The molecule has 0 nitrogen and oxygen atoms in total. The van der Waals surface area contributed by atoms with E-state index >= 15 is 0 Å². The first-order chi connectivity index (χ1) is 17.8. The maximum atomic E-state index is 2.99. The van der Waals surface area contributed by atoms with E-state index in [4.69, 9.17) is 0 Å². The first-order valence-electron chi connectivity index (χ1n) is 12.8. The van der Waals surface area contributed by atoms with Gasteiger partial charge in [0.25, 0.3) is 0 Å². The molecule has 174 valence electrons. The number of hydrogen-bond donors (Lipinski definition) is 0. The van der Waals surface area contributed by atoms with Crippen LogP contribution in [0.4, 0.5) is 0 Å². The van der Waals surface area contributed by atoms with Gasteiger partial charge in [0.1, 0.15) is 0 Å². The van der Waals surface area contributed by atoms with Gasteiger partial charge in [-0.15, -0.1) is 46.2 Å². The Morgan fingerprint density at radius 2 is 1.14 bits per heavy atom. The molecule has 0 saturated heterocycles. The summed E-state index contributed by atoms with van der Waals surface area (Å²) >= 11 is 1.68. The number of fused-ring (bicyclic) bond motifs is 3. The molecule has 0 amide bonds. The molecule has 2 aliphatic carbocycles. The van der Waals surface area contributed by atoms with E-state index in [-0.39, 0.29) is 0 Å². The fourth-order valence-corrected chi connectivity index (χ4v) is 5.63. The third kappa shape index (κ3) is 6.21. The Labute approximate surface area is 229 Å². The summed E-state index contributed by atoms with van der Waals surface area (Å²) in [5.74, 6) is 0. The quantitative estimate of drug-likeness (QED) is 0.195. The number of hydrogen-bond acceptors (Lipinski definition) is 0. The van der Waals surface area contributed by atoms with Crippen molar-refractivity contribution in [2.45, 2.75) is 32.1 Å². The molecular weight excluding hydrogens is 512 g/mol. The number of benzene rings is 4. The molecule has 0 spiro atoms. The molecule has 0 radical (unpaired) electrons. The minimum atomic E-state index is 1.01. The summed E-state index contributed by atoms with van der Waals surface area (Å²) in [5.41, 5.74) is 5.06. The molecule has 0 unspecified atom stereocenters. The van der Waals surface area contributed by atoms with E-state index in [2.05, 4.69) is 115 Å². The van der Waals surface area contributed by atoms with Crippen molar-refractivity contribution in [2.24, 2.45) is 0 Å². The van der Waals surface area contributed by atoms with Gasteiger partial charge >= 0.3 is 53.1 Å². The van der Waals surface area contributed by atoms with Gasteiger partial charge in [0.15, 0.2) is 0 Å². The van der Waals surface area contributed by atoms with Crippen LogP contribution in [0, 0.1) is 6.08 Å². The van der Waals surface area contributed by atoms with Crippen molar-refractivity contribution in [1.29, 1.82) is 0 Å². The van der Waals surface area contributed by atoms with Crippen molar-refractivity contribution >= 4 is 24.8 Å². The summed E-state index contributed by atoms with van der Waals surface area (Å²) < 4.78 is 1.79. The fourth-order valence-electron chi connectivity index (χ4n) is 4.76. The van der Waals surface area contributed by atoms with Crippen molar-refractivity contribution in [3.8, 4) is 22.3 Å². The molecule has 7 rings (SSSR count). The summed E-state index contributed by atoms with van der Waals surface area (Å²) in [6, 6.07) is 37.0. The first-order valence-corrected chi connectivity index (χ1v) is 14.0. The topological polar surface area (TPSA) is 0 Å². The van der Waals surface area contributed by atoms with Crippen LogP contribution in [0.2, 0.25) is 0 Å². The minimum absolute atomic E-state index is 1.01. The number of rotatable bonds is 2. The van der Waals surface area contributed by atoms with Crippen LogP contribution in [-0.2, 0) is 24.2 Å². The molecule has 1 heteroatoms. The zero-order valence-electron chi connectivity index (χ0n) is 20.6. The van der Waals surface area contributed by atoms with E-state index in [9.17, 15) is 0 Å². The second kappa shape index (κ2) is 12.3. The molecule has 2 aliphatic rings. The smallest absolute Gasteiger partial charge is 0.0197 e. The second-order valence-corrected chi connectivity index (χ2v) is 11.0. The average Bonchev–Trinajstić information content (AvgIpc) is 3.73. The Balaban J connectivity index is 0.000000200. The Kier molecular flexibility index (Phi) is 8.42. The largest absolute Gasteiger partial charge is 0.126 e. The van der Waals surface area contributed by atoms with Gasteiger partial charge in [-0.1, -0.05) is 84.9 Å². The SMILES string of the molecule is [C-]1=CC=CC1.[Zr+2]=[C]1CCCC1.c1ccc(-c2ccc3[cH-]c4ccc(-c5ccccc5)cc4c3c2)cc1. The summed E-state index contributed by atoms with van der Waals surface area (Å²) in [5, 5.41) is 5.27. The van der Waals surface area contributed by atoms with E-state index in [1.807, 2.05) is 12.2 Å². The van der Waals surface area contributed by atoms with E-state index in [1.54, 1.807) is 27.4 Å². The standard InChI is InChI=1S/C25H17.C5H8.C5H5.Zr/c1-3-7-18(8-4-1)20-11-13-22-15-23-14-12-21(17-25(23)24(22)16-20)19-9-5-2-6-10-19;2*1-2-4-5-3-1;/h1-17H;1-4H2;1-3H,4H2;/q-1;;-1;+2. The summed E-state index contributed by atoms with van der Waals surface area (Å²) in [6.07, 6.45) is 15.8. The third-order valence-corrected chi connectivity index (χ3v) is 7.94. The van der Waals surface area contributed by atoms with Gasteiger partial charge in [-0.05, 0) is 22.3 Å². The van der Waals surface area contributed by atoms with Gasteiger partial charge in [0, 0.05) is 0 Å². The van der Waals surface area contributed by atoms with Gasteiger partial charge in [-0.25, -0.2) is 12.2 Å². The Morgan fingerprint density at radius 3 is 1.50 bits per heavy atom. The third-order valence-electron chi connectivity index (χ3n) is 6.71. The molecule has 5 aromatic carbocycles. The number of allylic oxidation sites excluding steroid dienone is 4. The van der Waals surface area contributed by atoms with Gasteiger partial charge in [0.05, 0.1) is 0 Å². The average molecular weight is 542 g/mol. The molecule has 1 fully saturated rings. The predicted molar refractivity (Wildman–Crippen MR) is 153 cm³/mol. The van der Waals surface area contributed by atoms with Crippen molar-refractivity contribution < 1.29 is 24.2 Å². The predicted octanol–water partition coefficient (Wildman–Crippen LogP) is 9.63. The molecule has 0 N–H and O–H groups in total. The van der Waals surface area contributed by atoms with E-state index < -0.39 is 0 Å². The summed E-state index contributed by atoms with van der Waals surface area (Å²) in [7, 11) is 0. The normalized spacial score (nSPS) is 14.0. The maximum absolute atomic E-state index is 2.99. The van der Waals surface area contributed by atoms with Crippen LogP contribution in [0.5, 0.6) is 0 Å². The van der Waals surface area contributed by atoms with Crippen molar-refractivity contribution in [3.63, 3.8) is 0 Å². The molecule has 36 heavy (non-hydrogen) atoms. The van der Waals surface area contributed by atoms with Crippen LogP contribution in [0.25, 0.3) is 43.8 Å². The molecule has 5 aromatic rings. The van der Waals surface area contributed by atoms with E-state index in [0.717, 1.165) is 6.42 Å². The minimum Gasteiger partial charge on any atom is -0.126 e. The Bertz CT molecular complexity index is 1390. The molecule has 1 saturated carbocycles. The van der Waals surface area contributed by atoms with E-state index in [0.29, 0.717) is 0 Å². The van der Waals surface area contributed by atoms with Crippen LogP contribution < -0.4 is 0 Å². The second-order valence-electron chi connectivity index (χ2n) is 9.29. The van der Waals surface area contributed by atoms with Crippen LogP contribution in [0.1, 0.15) is 32.1 Å². The zero-order valence-corrected chi connectivity index (χ0v) is 23.0. The van der Waals surface area contributed by atoms with Gasteiger partial charge in [0.2, 0.25) is 0 Å². The summed E-state index contributed by atoms with van der Waals surface area (Å²) in [6.45, 7) is 0. The van der Waals surface area contributed by atoms with Crippen molar-refractivity contribution in [1.82, 2.24) is 0 Å². The van der Waals surface area contributed by atoms with Crippen molar-refractivity contribution in [2.75, 3.05) is 0 Å². The fraction of sp³-hybridized carbons (Fsp3) is 0.143. The molecule has 0 atom stereocenters. The zero-order chi connectivity index (χ0) is 24.6. The van der Waals surface area contributed by atoms with Crippen LogP contribution >= 0.6 is 0 Å². The Hall–Kier alpha value is -3.02. The van der Waals surface area contributed by atoms with E-state index in [1.165, 1.54) is 69.5 Å². The van der Waals surface area contributed by atoms with Crippen LogP contribution in [0.3, 0.4) is 0 Å². The molecule has 0 aromatic heterocycles. The van der Waals surface area contributed by atoms with Gasteiger partial charge in [-0.2, -0.15) is 6.08 Å².